The predicted molar refractivity (Wildman–Crippen MR) is 201 cm³/mol. The summed E-state index contributed by atoms with van der Waals surface area (Å²) in [6.07, 6.45) is 8.70. The Morgan fingerprint density at radius 1 is 0.875 bits per heavy atom. The topological polar surface area (TPSA) is 70.6 Å². The second kappa shape index (κ2) is 17.0. The van der Waals surface area contributed by atoms with Gasteiger partial charge in [-0.1, -0.05) is 114 Å². The number of hydrogen-bond acceptors (Lipinski definition) is 6. The number of hydrogen-bond donors (Lipinski definition) is 0. The van der Waals surface area contributed by atoms with Gasteiger partial charge in [0.25, 0.3) is 11.8 Å². The molecule has 1 aromatic heterocycles. The quantitative estimate of drug-likeness (QED) is 0.0864. The van der Waals surface area contributed by atoms with Crippen molar-refractivity contribution < 1.29 is 14.4 Å². The molecule has 0 spiro atoms. The molecule has 4 rings (SSSR count). The highest BCUT2D eigenvalue weighted by Gasteiger charge is 2.40. The van der Waals surface area contributed by atoms with Gasteiger partial charge in [0.15, 0.2) is 10.9 Å². The van der Waals surface area contributed by atoms with Crippen LogP contribution in [0.4, 0.5) is 5.13 Å². The van der Waals surface area contributed by atoms with Crippen LogP contribution in [0.5, 0.6) is 0 Å². The fourth-order valence-electron chi connectivity index (χ4n) is 6.36. The van der Waals surface area contributed by atoms with Crippen molar-refractivity contribution in [3.8, 4) is 11.3 Å². The van der Waals surface area contributed by atoms with E-state index in [9.17, 15) is 14.4 Å². The highest BCUT2D eigenvalue weighted by molar-refractivity contribution is 7.17. The maximum absolute atomic E-state index is 14.6. The van der Waals surface area contributed by atoms with Crippen molar-refractivity contribution >= 4 is 40.1 Å². The molecule has 0 saturated carbocycles. The zero-order valence-electron chi connectivity index (χ0n) is 30.2. The van der Waals surface area contributed by atoms with Gasteiger partial charge < -0.3 is 4.90 Å². The van der Waals surface area contributed by atoms with Gasteiger partial charge in [0, 0.05) is 35.4 Å². The standard InChI is InChI=1S/C41H53N3O3S/c1-9-12-22-33-29(7)39(46)44(30(8)38(45)31-20-16-15-17-21-31)40(47)34(33)26-35-37(36-28(6)19-18-23-32(36)27(4)5)42-41(48-35)43(24-13-10-2)25-14-11-3/h15-21,23,26-27,30H,9-14,22,24-25H2,1-8H3/b34-26-. The summed E-state index contributed by atoms with van der Waals surface area (Å²) >= 11 is 1.62. The molecule has 1 atom stereocenters. The van der Waals surface area contributed by atoms with E-state index in [1.165, 1.54) is 10.5 Å². The summed E-state index contributed by atoms with van der Waals surface area (Å²) in [5.41, 5.74) is 6.59. The van der Waals surface area contributed by atoms with Crippen LogP contribution in [-0.2, 0) is 9.59 Å². The molecule has 0 fully saturated rings. The summed E-state index contributed by atoms with van der Waals surface area (Å²) in [6, 6.07) is 14.3. The molecule has 0 radical (unpaired) electrons. The van der Waals surface area contributed by atoms with Gasteiger partial charge in [-0.05, 0) is 75.1 Å². The minimum atomic E-state index is -0.947. The number of aromatic nitrogens is 1. The van der Waals surface area contributed by atoms with Gasteiger partial charge in [0.05, 0.1) is 10.6 Å². The van der Waals surface area contributed by atoms with E-state index in [0.717, 1.165) is 84.0 Å². The number of nitrogens with zero attached hydrogens (tertiary/aromatic N) is 3. The van der Waals surface area contributed by atoms with Crippen LogP contribution in [0.3, 0.4) is 0 Å². The Hall–Kier alpha value is -3.84. The number of unbranched alkanes of at least 4 members (excludes halogenated alkanes) is 3. The minimum absolute atomic E-state index is 0.258. The Balaban J connectivity index is 1.96. The lowest BCUT2D eigenvalue weighted by molar-refractivity contribution is -0.142. The highest BCUT2D eigenvalue weighted by atomic mass is 32.1. The highest BCUT2D eigenvalue weighted by Crippen LogP contribution is 2.42. The second-order valence-corrected chi connectivity index (χ2v) is 14.3. The molecule has 1 unspecified atom stereocenters. The number of thiazole rings is 1. The first-order valence-electron chi connectivity index (χ1n) is 17.8. The summed E-state index contributed by atoms with van der Waals surface area (Å²) < 4.78 is 0. The second-order valence-electron chi connectivity index (χ2n) is 13.2. The molecule has 2 heterocycles. The number of carbonyl (C=O) groups excluding carboxylic acids is 3. The van der Waals surface area contributed by atoms with Crippen LogP contribution < -0.4 is 4.90 Å². The molecule has 0 N–H and O–H groups in total. The van der Waals surface area contributed by atoms with Crippen LogP contribution >= 0.6 is 11.3 Å². The van der Waals surface area contributed by atoms with E-state index in [1.807, 2.05) is 12.1 Å². The first-order chi connectivity index (χ1) is 23.0. The maximum Gasteiger partial charge on any atom is 0.261 e. The van der Waals surface area contributed by atoms with Crippen molar-refractivity contribution in [1.29, 1.82) is 0 Å². The van der Waals surface area contributed by atoms with E-state index >= 15 is 0 Å². The third-order valence-corrected chi connectivity index (χ3v) is 10.4. The molecule has 3 aromatic rings. The lowest BCUT2D eigenvalue weighted by Gasteiger charge is -2.33. The molecule has 1 aliphatic heterocycles. The average molecular weight is 668 g/mol. The Labute approximate surface area is 292 Å². The first-order valence-corrected chi connectivity index (χ1v) is 18.6. The van der Waals surface area contributed by atoms with Crippen molar-refractivity contribution in [3.05, 3.63) is 86.8 Å². The van der Waals surface area contributed by atoms with E-state index < -0.39 is 17.9 Å². The van der Waals surface area contributed by atoms with Crippen molar-refractivity contribution in [3.63, 3.8) is 0 Å². The third kappa shape index (κ3) is 8.06. The molecule has 1 aliphatic rings. The largest absolute Gasteiger partial charge is 0.348 e. The average Bonchev–Trinajstić information content (AvgIpc) is 3.49. The Bertz CT molecular complexity index is 1660. The van der Waals surface area contributed by atoms with Crippen molar-refractivity contribution in [2.45, 2.75) is 112 Å². The zero-order chi connectivity index (χ0) is 35.0. The molecule has 0 bridgehead atoms. The summed E-state index contributed by atoms with van der Waals surface area (Å²) in [5.74, 6) is -0.793. The number of anilines is 1. The van der Waals surface area contributed by atoms with Gasteiger partial charge in [0.2, 0.25) is 0 Å². The molecule has 2 amide bonds. The maximum atomic E-state index is 14.6. The van der Waals surface area contributed by atoms with E-state index in [2.05, 4.69) is 64.6 Å². The molecule has 7 heteroatoms. The Kier molecular flexibility index (Phi) is 13.1. The van der Waals surface area contributed by atoms with Crippen LogP contribution in [0.2, 0.25) is 0 Å². The van der Waals surface area contributed by atoms with Crippen molar-refractivity contribution in [1.82, 2.24) is 9.88 Å². The van der Waals surface area contributed by atoms with Gasteiger partial charge in [-0.15, -0.1) is 0 Å². The number of Topliss-reactive ketones (excluding diaryl/α,β-unsaturated/α-hetero) is 1. The monoisotopic (exact) mass is 667 g/mol. The predicted octanol–water partition coefficient (Wildman–Crippen LogP) is 10.2. The lowest BCUT2D eigenvalue weighted by Crippen LogP contribution is -2.50. The van der Waals surface area contributed by atoms with Crippen LogP contribution in [0.15, 0.2) is 65.3 Å². The van der Waals surface area contributed by atoms with Gasteiger partial charge in [-0.2, -0.15) is 0 Å². The van der Waals surface area contributed by atoms with Crippen molar-refractivity contribution in [2.75, 3.05) is 18.0 Å². The fraction of sp³-hybridized carbons (Fsp3) is 0.463. The van der Waals surface area contributed by atoms with E-state index in [1.54, 1.807) is 49.4 Å². The van der Waals surface area contributed by atoms with Gasteiger partial charge in [-0.3, -0.25) is 19.3 Å². The first kappa shape index (κ1) is 37.0. The van der Waals surface area contributed by atoms with Crippen molar-refractivity contribution in [2.24, 2.45) is 0 Å². The smallest absolute Gasteiger partial charge is 0.261 e. The van der Waals surface area contributed by atoms with Gasteiger partial charge in [-0.25, -0.2) is 4.98 Å². The van der Waals surface area contributed by atoms with E-state index in [4.69, 9.17) is 4.98 Å². The third-order valence-electron chi connectivity index (χ3n) is 9.29. The number of imide groups is 1. The Morgan fingerprint density at radius 3 is 2.12 bits per heavy atom. The molecule has 48 heavy (non-hydrogen) atoms. The molecule has 0 saturated heterocycles. The number of carbonyl (C=O) groups is 3. The molecule has 0 aliphatic carbocycles. The molecular weight excluding hydrogens is 615 g/mol. The number of amides is 2. The normalized spacial score (nSPS) is 15.2. The molecule has 2 aromatic carbocycles. The fourth-order valence-corrected chi connectivity index (χ4v) is 7.43. The lowest BCUT2D eigenvalue weighted by atomic mass is 9.87. The van der Waals surface area contributed by atoms with Crippen LogP contribution in [-0.4, -0.2) is 46.6 Å². The summed E-state index contributed by atoms with van der Waals surface area (Å²) in [6.45, 7) is 18.4. The van der Waals surface area contributed by atoms with Crippen LogP contribution in [0.1, 0.15) is 126 Å². The minimum Gasteiger partial charge on any atom is -0.348 e. The summed E-state index contributed by atoms with van der Waals surface area (Å²) in [7, 11) is 0. The number of aryl methyl sites for hydroxylation is 1. The SMILES string of the molecule is CCCCC1=C(C)C(=O)N(C(C)C(=O)c2ccccc2)C(=O)/C1=C\c1sc(N(CCCC)CCCC)nc1-c1c(C)cccc1C(C)C. The molecule has 6 nitrogen and oxygen atoms in total. The van der Waals surface area contributed by atoms with Crippen LogP contribution in [0.25, 0.3) is 17.3 Å². The molecular formula is C41H53N3O3S. The number of ketones is 1. The summed E-state index contributed by atoms with van der Waals surface area (Å²) in [5, 5.41) is 0.955. The van der Waals surface area contributed by atoms with Crippen LogP contribution in [0, 0.1) is 6.92 Å². The Morgan fingerprint density at radius 2 is 1.52 bits per heavy atom. The molecule has 256 valence electrons. The van der Waals surface area contributed by atoms with E-state index in [-0.39, 0.29) is 11.7 Å². The number of rotatable bonds is 16. The van der Waals surface area contributed by atoms with Gasteiger partial charge >= 0.3 is 0 Å². The zero-order valence-corrected chi connectivity index (χ0v) is 31.0. The van der Waals surface area contributed by atoms with E-state index in [0.29, 0.717) is 23.1 Å². The summed E-state index contributed by atoms with van der Waals surface area (Å²) in [4.78, 5) is 51.9. The number of benzene rings is 2. The van der Waals surface area contributed by atoms with Gasteiger partial charge in [0.1, 0.15) is 6.04 Å².